The molecule has 1 aliphatic rings. The molecule has 2 aromatic rings. The molecule has 140 valence electrons. The van der Waals surface area contributed by atoms with Crippen molar-refractivity contribution in [2.24, 2.45) is 0 Å². The molecule has 1 aromatic heterocycles. The number of aromatic nitrogens is 2. The maximum Gasteiger partial charge on any atom is 0.253 e. The number of carbonyl (C=O) groups is 1. The number of methoxy groups -OCH3 is 1. The van der Waals surface area contributed by atoms with Gasteiger partial charge in [-0.3, -0.25) is 9.89 Å². The molecule has 1 unspecified atom stereocenters. The summed E-state index contributed by atoms with van der Waals surface area (Å²) in [5, 5.41) is 6.47. The summed E-state index contributed by atoms with van der Waals surface area (Å²) in [6, 6.07) is 7.78. The Kier molecular flexibility index (Phi) is 5.70. The molecule has 1 amide bonds. The molecular formula is C17H22N4O4S. The first-order valence-electron chi connectivity index (χ1n) is 8.39. The van der Waals surface area contributed by atoms with E-state index in [1.54, 1.807) is 36.4 Å². The monoisotopic (exact) mass is 378 g/mol. The van der Waals surface area contributed by atoms with Gasteiger partial charge in [0.15, 0.2) is 0 Å². The van der Waals surface area contributed by atoms with Crippen molar-refractivity contribution in [1.29, 1.82) is 0 Å². The van der Waals surface area contributed by atoms with E-state index in [2.05, 4.69) is 14.9 Å². The number of rotatable bonds is 6. The molecule has 8 nitrogen and oxygen atoms in total. The van der Waals surface area contributed by atoms with Gasteiger partial charge in [-0.1, -0.05) is 6.07 Å². The van der Waals surface area contributed by atoms with E-state index in [0.29, 0.717) is 24.3 Å². The first-order valence-corrected chi connectivity index (χ1v) is 9.88. The fourth-order valence-corrected chi connectivity index (χ4v) is 3.99. The minimum atomic E-state index is -3.73. The van der Waals surface area contributed by atoms with E-state index in [-0.39, 0.29) is 23.5 Å². The van der Waals surface area contributed by atoms with Crippen molar-refractivity contribution >= 4 is 15.9 Å². The number of H-pyrrole nitrogens is 1. The van der Waals surface area contributed by atoms with Crippen molar-refractivity contribution < 1.29 is 17.9 Å². The minimum absolute atomic E-state index is 0.0238. The van der Waals surface area contributed by atoms with Crippen LogP contribution in [0.15, 0.2) is 41.4 Å². The Labute approximate surface area is 152 Å². The van der Waals surface area contributed by atoms with Gasteiger partial charge >= 0.3 is 0 Å². The van der Waals surface area contributed by atoms with Gasteiger partial charge in [0, 0.05) is 32.0 Å². The van der Waals surface area contributed by atoms with Crippen LogP contribution in [-0.4, -0.2) is 55.7 Å². The highest BCUT2D eigenvalue weighted by molar-refractivity contribution is 7.89. The molecule has 0 aliphatic carbocycles. The average molecular weight is 378 g/mol. The summed E-state index contributed by atoms with van der Waals surface area (Å²) >= 11 is 0. The van der Waals surface area contributed by atoms with E-state index >= 15 is 0 Å². The average Bonchev–Trinajstić information content (AvgIpc) is 3.20. The van der Waals surface area contributed by atoms with Crippen LogP contribution in [0.5, 0.6) is 0 Å². The summed E-state index contributed by atoms with van der Waals surface area (Å²) < 4.78 is 32.8. The van der Waals surface area contributed by atoms with E-state index in [4.69, 9.17) is 4.74 Å². The molecule has 26 heavy (non-hydrogen) atoms. The van der Waals surface area contributed by atoms with Crippen LogP contribution in [0.25, 0.3) is 0 Å². The second kappa shape index (κ2) is 7.98. The van der Waals surface area contributed by atoms with Gasteiger partial charge in [-0.25, -0.2) is 13.1 Å². The van der Waals surface area contributed by atoms with Gasteiger partial charge in [0.05, 0.1) is 23.2 Å². The van der Waals surface area contributed by atoms with Gasteiger partial charge in [-0.2, -0.15) is 5.10 Å². The fraction of sp³-hybridized carbons (Fsp3) is 0.412. The largest absolute Gasteiger partial charge is 0.380 e. The van der Waals surface area contributed by atoms with Crippen LogP contribution in [0.1, 0.15) is 28.9 Å². The van der Waals surface area contributed by atoms with Crippen molar-refractivity contribution in [3.8, 4) is 0 Å². The van der Waals surface area contributed by atoms with Gasteiger partial charge in [-0.15, -0.1) is 0 Å². The van der Waals surface area contributed by atoms with Crippen LogP contribution in [0, 0.1) is 0 Å². The van der Waals surface area contributed by atoms with Crippen LogP contribution in [0.4, 0.5) is 0 Å². The zero-order valence-electron chi connectivity index (χ0n) is 14.5. The molecule has 1 atom stereocenters. The number of carbonyl (C=O) groups excluding carboxylic acids is 1. The van der Waals surface area contributed by atoms with Crippen LogP contribution < -0.4 is 4.72 Å². The van der Waals surface area contributed by atoms with Crippen LogP contribution in [0.3, 0.4) is 0 Å². The summed E-state index contributed by atoms with van der Waals surface area (Å²) in [5.41, 5.74) is 1.01. The molecule has 3 rings (SSSR count). The number of amides is 1. The Morgan fingerprint density at radius 3 is 3.00 bits per heavy atom. The topological polar surface area (TPSA) is 104 Å². The molecule has 2 N–H and O–H groups in total. The molecule has 1 fully saturated rings. The van der Waals surface area contributed by atoms with E-state index in [1.165, 1.54) is 12.1 Å². The number of nitrogens with zero attached hydrogens (tertiary/aromatic N) is 2. The predicted molar refractivity (Wildman–Crippen MR) is 95.0 cm³/mol. The maximum absolute atomic E-state index is 12.7. The van der Waals surface area contributed by atoms with Gasteiger partial charge in [-0.05, 0) is 37.1 Å². The number of hydrogen-bond acceptors (Lipinski definition) is 5. The highest BCUT2D eigenvalue weighted by Gasteiger charge is 2.25. The lowest BCUT2D eigenvalue weighted by atomic mass is 10.1. The highest BCUT2D eigenvalue weighted by Crippen LogP contribution is 2.18. The number of aromatic amines is 1. The van der Waals surface area contributed by atoms with Gasteiger partial charge < -0.3 is 9.64 Å². The maximum atomic E-state index is 12.7. The standard InChI is InChI=1S/C17H22N4O4S/c1-25-15-5-3-9-21(12-15)17(22)13-4-2-6-16(10-13)26(23,24)19-11-14-7-8-18-20-14/h2,4,6-8,10,15,19H,3,5,9,11-12H2,1H3,(H,18,20). The van der Waals surface area contributed by atoms with Crippen molar-refractivity contribution in [2.75, 3.05) is 20.2 Å². The third-order valence-electron chi connectivity index (χ3n) is 4.40. The summed E-state index contributed by atoms with van der Waals surface area (Å²) in [7, 11) is -2.10. The SMILES string of the molecule is COC1CCCN(C(=O)c2cccc(S(=O)(=O)NCc3ccn[nH]3)c2)C1. The number of piperidine rings is 1. The van der Waals surface area contributed by atoms with E-state index in [0.717, 1.165) is 12.8 Å². The predicted octanol–water partition coefficient (Wildman–Crippen LogP) is 1.14. The molecule has 0 radical (unpaired) electrons. The van der Waals surface area contributed by atoms with Crippen molar-refractivity contribution in [3.05, 3.63) is 47.8 Å². The first-order chi connectivity index (χ1) is 12.5. The summed E-state index contributed by atoms with van der Waals surface area (Å²) in [6.07, 6.45) is 3.37. The summed E-state index contributed by atoms with van der Waals surface area (Å²) in [4.78, 5) is 14.5. The fourth-order valence-electron chi connectivity index (χ4n) is 2.93. The number of ether oxygens (including phenoxy) is 1. The third kappa shape index (κ3) is 4.29. The number of likely N-dealkylation sites (tertiary alicyclic amines) is 1. The van der Waals surface area contributed by atoms with Crippen LogP contribution in [0.2, 0.25) is 0 Å². The molecule has 0 saturated carbocycles. The number of sulfonamides is 1. The molecular weight excluding hydrogens is 356 g/mol. The quantitative estimate of drug-likeness (QED) is 0.784. The lowest BCUT2D eigenvalue weighted by molar-refractivity contribution is 0.0269. The second-order valence-electron chi connectivity index (χ2n) is 6.19. The molecule has 2 heterocycles. The number of hydrogen-bond donors (Lipinski definition) is 2. The van der Waals surface area contributed by atoms with Crippen molar-refractivity contribution in [3.63, 3.8) is 0 Å². The molecule has 0 spiro atoms. The Morgan fingerprint density at radius 1 is 1.42 bits per heavy atom. The summed E-state index contributed by atoms with van der Waals surface area (Å²) in [5.74, 6) is -0.183. The van der Waals surface area contributed by atoms with Gasteiger partial charge in [0.25, 0.3) is 5.91 Å². The molecule has 1 saturated heterocycles. The van der Waals surface area contributed by atoms with Crippen LogP contribution >= 0.6 is 0 Å². The van der Waals surface area contributed by atoms with Crippen molar-refractivity contribution in [2.45, 2.75) is 30.4 Å². The zero-order valence-corrected chi connectivity index (χ0v) is 15.3. The van der Waals surface area contributed by atoms with E-state index < -0.39 is 10.0 Å². The third-order valence-corrected chi connectivity index (χ3v) is 5.80. The Bertz CT molecular complexity index is 851. The highest BCUT2D eigenvalue weighted by atomic mass is 32.2. The number of nitrogens with one attached hydrogen (secondary N) is 2. The molecule has 1 aromatic carbocycles. The van der Waals surface area contributed by atoms with E-state index in [1.807, 2.05) is 0 Å². The Morgan fingerprint density at radius 2 is 2.27 bits per heavy atom. The number of benzene rings is 1. The Balaban J connectivity index is 1.73. The van der Waals surface area contributed by atoms with Gasteiger partial charge in [0.1, 0.15) is 0 Å². The van der Waals surface area contributed by atoms with Crippen molar-refractivity contribution in [1.82, 2.24) is 19.8 Å². The smallest absolute Gasteiger partial charge is 0.253 e. The second-order valence-corrected chi connectivity index (χ2v) is 7.95. The van der Waals surface area contributed by atoms with E-state index in [9.17, 15) is 13.2 Å². The minimum Gasteiger partial charge on any atom is -0.380 e. The Hall–Kier alpha value is -2.23. The molecule has 9 heteroatoms. The zero-order chi connectivity index (χ0) is 18.6. The normalized spacial score (nSPS) is 18.0. The first kappa shape index (κ1) is 18.6. The lowest BCUT2D eigenvalue weighted by Gasteiger charge is -2.32. The van der Waals surface area contributed by atoms with Gasteiger partial charge in [0.2, 0.25) is 10.0 Å². The summed E-state index contributed by atoms with van der Waals surface area (Å²) in [6.45, 7) is 1.26. The van der Waals surface area contributed by atoms with Crippen LogP contribution in [-0.2, 0) is 21.3 Å². The molecule has 1 aliphatic heterocycles. The molecule has 0 bridgehead atoms. The lowest BCUT2D eigenvalue weighted by Crippen LogP contribution is -2.42.